The average Bonchev–Trinajstić information content (AvgIpc) is 2.57. The Kier molecular flexibility index (Phi) is 8.59. The summed E-state index contributed by atoms with van der Waals surface area (Å²) in [5, 5.41) is 0. The second-order valence-electron chi connectivity index (χ2n) is 6.93. The van der Waals surface area contributed by atoms with E-state index in [9.17, 15) is 4.79 Å². The van der Waals surface area contributed by atoms with Gasteiger partial charge in [-0.15, -0.1) is 0 Å². The van der Waals surface area contributed by atoms with E-state index in [2.05, 4.69) is 32.8 Å². The number of esters is 1. The van der Waals surface area contributed by atoms with Crippen LogP contribution in [0, 0.1) is 0 Å². The number of benzene rings is 1. The van der Waals surface area contributed by atoms with Gasteiger partial charge in [-0.2, -0.15) is 0 Å². The first-order chi connectivity index (χ1) is 11.8. The largest absolute Gasteiger partial charge is 0.463 e. The summed E-state index contributed by atoms with van der Waals surface area (Å²) in [4.78, 5) is 11.8. The Morgan fingerprint density at radius 3 is 2.44 bits per heavy atom. The molecule has 25 heavy (non-hydrogen) atoms. The first kappa shape index (κ1) is 21.1. The van der Waals surface area contributed by atoms with Gasteiger partial charge >= 0.3 is 5.97 Å². The molecule has 1 aromatic rings. The van der Waals surface area contributed by atoms with Gasteiger partial charge < -0.3 is 14.0 Å². The highest BCUT2D eigenvalue weighted by atomic mass is 16.5. The molecule has 0 aliphatic rings. The van der Waals surface area contributed by atoms with Crippen molar-refractivity contribution in [2.75, 3.05) is 33.9 Å². The molecule has 1 rings (SSSR count). The number of hydrogen-bond acceptors (Lipinski definition) is 3. The van der Waals surface area contributed by atoms with Crippen LogP contribution < -0.4 is 0 Å². The first-order valence-corrected chi connectivity index (χ1v) is 8.71. The summed E-state index contributed by atoms with van der Waals surface area (Å²) in [5.74, 6) is -0.255. The highest BCUT2D eigenvalue weighted by Gasteiger charge is 2.28. The molecule has 4 heteroatoms. The van der Waals surface area contributed by atoms with Gasteiger partial charge in [0, 0.05) is 5.57 Å². The maximum atomic E-state index is 11.8. The zero-order valence-electron chi connectivity index (χ0n) is 16.2. The summed E-state index contributed by atoms with van der Waals surface area (Å²) in [6.07, 6.45) is 1.94. The molecule has 0 radical (unpaired) electrons. The standard InChI is InChI=1S/C21H32NO3/c1-7-25-21(23)18(4)13-14-22(5,6)20(17(2)3)16-24-15-19-11-9-8-10-12-19/h8-13,20H,2,7,14-16H2,1,3-6H3/q+1/b18-13+. The maximum Gasteiger partial charge on any atom is 0.333 e. The molecule has 0 heterocycles. The highest BCUT2D eigenvalue weighted by Crippen LogP contribution is 2.17. The Hall–Kier alpha value is -1.91. The molecular formula is C21H32NO3+. The van der Waals surface area contributed by atoms with Gasteiger partial charge in [0.2, 0.25) is 0 Å². The quantitative estimate of drug-likeness (QED) is 0.280. The third-order valence-corrected chi connectivity index (χ3v) is 4.27. The van der Waals surface area contributed by atoms with Crippen LogP contribution in [0.1, 0.15) is 26.3 Å². The Morgan fingerprint density at radius 1 is 1.24 bits per heavy atom. The Morgan fingerprint density at radius 2 is 1.88 bits per heavy atom. The number of ether oxygens (including phenoxy) is 2. The van der Waals surface area contributed by atoms with Crippen molar-refractivity contribution in [1.82, 2.24) is 0 Å². The van der Waals surface area contributed by atoms with E-state index in [1.165, 1.54) is 0 Å². The monoisotopic (exact) mass is 346 g/mol. The molecule has 1 atom stereocenters. The lowest BCUT2D eigenvalue weighted by molar-refractivity contribution is -0.904. The second-order valence-corrected chi connectivity index (χ2v) is 6.93. The molecule has 0 aromatic heterocycles. The van der Waals surface area contributed by atoms with Crippen molar-refractivity contribution in [3.63, 3.8) is 0 Å². The number of hydrogen-bond donors (Lipinski definition) is 0. The third kappa shape index (κ3) is 7.24. The molecule has 0 aliphatic heterocycles. The molecule has 0 bridgehead atoms. The van der Waals surface area contributed by atoms with E-state index in [-0.39, 0.29) is 12.0 Å². The second kappa shape index (κ2) is 10.2. The number of rotatable bonds is 10. The molecule has 0 saturated heterocycles. The minimum atomic E-state index is -0.255. The SMILES string of the molecule is C=C(C)C(COCc1ccccc1)[N+](C)(C)C/C=C(\C)C(=O)OCC. The number of likely N-dealkylation sites (N-methyl/N-ethyl adjacent to an activating group) is 1. The van der Waals surface area contributed by atoms with Crippen molar-refractivity contribution >= 4 is 5.97 Å². The van der Waals surface area contributed by atoms with Crippen LogP contribution in [0.15, 0.2) is 54.1 Å². The Bertz CT molecular complexity index is 590. The van der Waals surface area contributed by atoms with E-state index >= 15 is 0 Å². The predicted molar refractivity (Wildman–Crippen MR) is 102 cm³/mol. The number of carbonyl (C=O) groups is 1. The van der Waals surface area contributed by atoms with E-state index in [1.807, 2.05) is 38.1 Å². The van der Waals surface area contributed by atoms with Gasteiger partial charge in [0.05, 0.1) is 33.9 Å². The minimum Gasteiger partial charge on any atom is -0.463 e. The molecule has 4 nitrogen and oxygen atoms in total. The summed E-state index contributed by atoms with van der Waals surface area (Å²) in [5.41, 5.74) is 2.87. The molecular weight excluding hydrogens is 314 g/mol. The van der Waals surface area contributed by atoms with Gasteiger partial charge in [-0.1, -0.05) is 36.9 Å². The Balaban J connectivity index is 2.67. The zero-order chi connectivity index (χ0) is 18.9. The van der Waals surface area contributed by atoms with E-state index in [1.54, 1.807) is 6.92 Å². The molecule has 1 unspecified atom stereocenters. The van der Waals surface area contributed by atoms with Crippen LogP contribution in [0.5, 0.6) is 0 Å². The van der Waals surface area contributed by atoms with E-state index in [4.69, 9.17) is 9.47 Å². The number of nitrogens with zero attached hydrogens (tertiary/aromatic N) is 1. The van der Waals surface area contributed by atoms with E-state index < -0.39 is 0 Å². The molecule has 0 saturated carbocycles. The first-order valence-electron chi connectivity index (χ1n) is 8.71. The summed E-state index contributed by atoms with van der Waals surface area (Å²) >= 11 is 0. The molecule has 0 fully saturated rings. The maximum absolute atomic E-state index is 11.8. The fraction of sp³-hybridized carbons (Fsp3) is 0.476. The van der Waals surface area contributed by atoms with Crippen LogP contribution in [0.3, 0.4) is 0 Å². The van der Waals surface area contributed by atoms with Gasteiger partial charge in [0.25, 0.3) is 0 Å². The average molecular weight is 346 g/mol. The normalized spacial score (nSPS) is 13.4. The van der Waals surface area contributed by atoms with Crippen LogP contribution in [-0.4, -0.2) is 50.3 Å². The summed E-state index contributed by atoms with van der Waals surface area (Å²) in [6.45, 7) is 12.0. The fourth-order valence-electron chi connectivity index (χ4n) is 2.63. The number of carbonyl (C=O) groups excluding carboxylic acids is 1. The van der Waals surface area contributed by atoms with E-state index in [0.717, 1.165) is 11.1 Å². The topological polar surface area (TPSA) is 35.5 Å². The van der Waals surface area contributed by atoms with Gasteiger partial charge in [0.15, 0.2) is 0 Å². The van der Waals surface area contributed by atoms with Gasteiger partial charge in [-0.05, 0) is 38.0 Å². The summed E-state index contributed by atoms with van der Waals surface area (Å²) < 4.78 is 11.6. The molecule has 0 spiro atoms. The van der Waals surface area contributed by atoms with Crippen molar-refractivity contribution in [1.29, 1.82) is 0 Å². The lowest BCUT2D eigenvalue weighted by Crippen LogP contribution is -2.51. The smallest absolute Gasteiger partial charge is 0.333 e. The van der Waals surface area contributed by atoms with Crippen LogP contribution in [0.4, 0.5) is 0 Å². The fourth-order valence-corrected chi connectivity index (χ4v) is 2.63. The lowest BCUT2D eigenvalue weighted by Gasteiger charge is -2.37. The molecule has 1 aromatic carbocycles. The van der Waals surface area contributed by atoms with Crippen LogP contribution in [0.2, 0.25) is 0 Å². The highest BCUT2D eigenvalue weighted by molar-refractivity contribution is 5.87. The predicted octanol–water partition coefficient (Wildman–Crippen LogP) is 3.73. The lowest BCUT2D eigenvalue weighted by atomic mass is 10.1. The third-order valence-electron chi connectivity index (χ3n) is 4.27. The van der Waals surface area contributed by atoms with Crippen molar-refractivity contribution in [3.05, 3.63) is 59.7 Å². The van der Waals surface area contributed by atoms with Gasteiger partial charge in [0.1, 0.15) is 12.6 Å². The van der Waals surface area contributed by atoms with Crippen LogP contribution in [-0.2, 0) is 20.9 Å². The number of quaternary nitrogens is 1. The molecule has 0 aliphatic carbocycles. The molecule has 0 N–H and O–H groups in total. The molecule has 0 amide bonds. The Labute approximate surface area is 152 Å². The van der Waals surface area contributed by atoms with Gasteiger partial charge in [-0.3, -0.25) is 0 Å². The van der Waals surface area contributed by atoms with Gasteiger partial charge in [-0.25, -0.2) is 4.79 Å². The molecule has 138 valence electrons. The van der Waals surface area contributed by atoms with Crippen molar-refractivity contribution < 1.29 is 18.8 Å². The van der Waals surface area contributed by atoms with Crippen molar-refractivity contribution in [3.8, 4) is 0 Å². The van der Waals surface area contributed by atoms with Crippen LogP contribution in [0.25, 0.3) is 0 Å². The summed E-state index contributed by atoms with van der Waals surface area (Å²) in [6, 6.07) is 10.3. The van der Waals surface area contributed by atoms with Crippen molar-refractivity contribution in [2.45, 2.75) is 33.4 Å². The van der Waals surface area contributed by atoms with E-state index in [0.29, 0.717) is 36.4 Å². The van der Waals surface area contributed by atoms with Crippen molar-refractivity contribution in [2.24, 2.45) is 0 Å². The van der Waals surface area contributed by atoms with Crippen LogP contribution >= 0.6 is 0 Å². The summed E-state index contributed by atoms with van der Waals surface area (Å²) in [7, 11) is 4.25. The minimum absolute atomic E-state index is 0.148. The zero-order valence-corrected chi connectivity index (χ0v) is 16.2.